The van der Waals surface area contributed by atoms with Crippen LogP contribution < -0.4 is 10.6 Å². The molecule has 0 aliphatic carbocycles. The molecule has 4 nitrogen and oxygen atoms in total. The van der Waals surface area contributed by atoms with Gasteiger partial charge >= 0.3 is 0 Å². The normalized spacial score (nSPS) is 16.7. The number of hydrogen-bond donors (Lipinski definition) is 2. The highest BCUT2D eigenvalue weighted by molar-refractivity contribution is 7.21. The summed E-state index contributed by atoms with van der Waals surface area (Å²) in [6, 6.07) is 16.8. The van der Waals surface area contributed by atoms with Gasteiger partial charge in [0.1, 0.15) is 4.88 Å². The van der Waals surface area contributed by atoms with E-state index >= 15 is 0 Å². The Kier molecular flexibility index (Phi) is 3.65. The van der Waals surface area contributed by atoms with Crippen molar-refractivity contribution >= 4 is 43.9 Å². The number of benzene rings is 2. The zero-order valence-electron chi connectivity index (χ0n) is 15.2. The molecule has 5 heteroatoms. The van der Waals surface area contributed by atoms with Gasteiger partial charge in [0.25, 0.3) is 5.91 Å². The van der Waals surface area contributed by atoms with Crippen LogP contribution in [-0.2, 0) is 0 Å². The number of rotatable bonds is 1. The van der Waals surface area contributed by atoms with E-state index in [1.807, 2.05) is 13.0 Å². The molecule has 5 rings (SSSR count). The first-order valence-corrected chi connectivity index (χ1v) is 9.90. The Bertz CT molecular complexity index is 1210. The molecule has 0 saturated heterocycles. The highest BCUT2D eigenvalue weighted by Crippen LogP contribution is 2.41. The summed E-state index contributed by atoms with van der Waals surface area (Å²) < 4.78 is 1.11. The number of thiophene rings is 1. The van der Waals surface area contributed by atoms with Crippen LogP contribution in [0.2, 0.25) is 0 Å². The third kappa shape index (κ3) is 2.66. The third-order valence-corrected chi connectivity index (χ3v) is 6.16. The monoisotopic (exact) mass is 373 g/mol. The fraction of sp³-hybridized carbons (Fsp3) is 0.182. The van der Waals surface area contributed by atoms with Crippen molar-refractivity contribution < 1.29 is 4.79 Å². The molecule has 2 aromatic heterocycles. The van der Waals surface area contributed by atoms with Crippen molar-refractivity contribution in [3.8, 4) is 11.3 Å². The van der Waals surface area contributed by atoms with Crippen LogP contribution in [0.3, 0.4) is 0 Å². The van der Waals surface area contributed by atoms with Crippen LogP contribution in [0, 0.1) is 6.92 Å². The van der Waals surface area contributed by atoms with Gasteiger partial charge in [-0.3, -0.25) is 4.79 Å². The van der Waals surface area contributed by atoms with Gasteiger partial charge in [-0.05, 0) is 44.2 Å². The number of pyridine rings is 1. The van der Waals surface area contributed by atoms with E-state index < -0.39 is 0 Å². The van der Waals surface area contributed by atoms with Gasteiger partial charge in [0.2, 0.25) is 0 Å². The second-order valence-corrected chi connectivity index (χ2v) is 8.19. The Balaban J connectivity index is 1.73. The fourth-order valence-electron chi connectivity index (χ4n) is 3.69. The topological polar surface area (TPSA) is 54.0 Å². The molecule has 0 bridgehead atoms. The average Bonchev–Trinajstić information content (AvgIpc) is 2.98. The van der Waals surface area contributed by atoms with Crippen molar-refractivity contribution in [2.24, 2.45) is 0 Å². The Morgan fingerprint density at radius 3 is 2.89 bits per heavy atom. The van der Waals surface area contributed by atoms with Crippen LogP contribution in [0.5, 0.6) is 0 Å². The number of aromatic nitrogens is 1. The van der Waals surface area contributed by atoms with Gasteiger partial charge in [-0.2, -0.15) is 0 Å². The van der Waals surface area contributed by atoms with E-state index in [1.54, 1.807) is 0 Å². The Morgan fingerprint density at radius 1 is 1.15 bits per heavy atom. The van der Waals surface area contributed by atoms with E-state index in [0.29, 0.717) is 0 Å². The lowest BCUT2D eigenvalue weighted by Crippen LogP contribution is -2.34. The Hall–Kier alpha value is -2.92. The minimum absolute atomic E-state index is 0.00110. The van der Waals surface area contributed by atoms with Crippen LogP contribution in [-0.4, -0.2) is 23.5 Å². The number of amides is 1. The van der Waals surface area contributed by atoms with E-state index in [0.717, 1.165) is 49.4 Å². The summed E-state index contributed by atoms with van der Waals surface area (Å²) in [5.41, 5.74) is 5.19. The molecule has 0 saturated carbocycles. The number of fused-ring (bicyclic) bond motifs is 5. The van der Waals surface area contributed by atoms with Crippen molar-refractivity contribution in [1.29, 1.82) is 0 Å². The van der Waals surface area contributed by atoms with Gasteiger partial charge in [0, 0.05) is 33.6 Å². The summed E-state index contributed by atoms with van der Waals surface area (Å²) in [4.78, 5) is 18.2. The molecular weight excluding hydrogens is 354 g/mol. The summed E-state index contributed by atoms with van der Waals surface area (Å²) in [5, 5.41) is 8.69. The number of anilines is 1. The predicted octanol–water partition coefficient (Wildman–Crippen LogP) is 4.97. The number of carbonyl (C=O) groups excluding carboxylic acids is 1. The molecule has 0 spiro atoms. The Morgan fingerprint density at radius 2 is 2.04 bits per heavy atom. The molecule has 3 heterocycles. The minimum atomic E-state index is 0.00110. The van der Waals surface area contributed by atoms with E-state index in [1.165, 1.54) is 16.9 Å². The third-order valence-electron chi connectivity index (χ3n) is 5.00. The fourth-order valence-corrected chi connectivity index (χ4v) is 4.79. The largest absolute Gasteiger partial charge is 0.381 e. The summed E-state index contributed by atoms with van der Waals surface area (Å²) in [6.07, 6.45) is 0. The summed E-state index contributed by atoms with van der Waals surface area (Å²) >= 11 is 1.54. The number of aryl methyl sites for hydroxylation is 1. The van der Waals surface area contributed by atoms with E-state index in [2.05, 4.69) is 60.0 Å². The Labute approximate surface area is 161 Å². The van der Waals surface area contributed by atoms with Crippen LogP contribution in [0.4, 0.5) is 5.69 Å². The highest BCUT2D eigenvalue weighted by Gasteiger charge is 2.24. The molecule has 1 amide bonds. The van der Waals surface area contributed by atoms with Crippen LogP contribution in [0.25, 0.3) is 32.2 Å². The molecule has 1 atom stereocenters. The van der Waals surface area contributed by atoms with Crippen LogP contribution >= 0.6 is 11.3 Å². The van der Waals surface area contributed by atoms with Crippen molar-refractivity contribution in [2.45, 2.75) is 19.9 Å². The van der Waals surface area contributed by atoms with Gasteiger partial charge in [-0.25, -0.2) is 4.98 Å². The second kappa shape index (κ2) is 6.06. The molecule has 1 aliphatic rings. The summed E-state index contributed by atoms with van der Waals surface area (Å²) in [6.45, 7) is 4.82. The predicted molar refractivity (Wildman–Crippen MR) is 113 cm³/mol. The van der Waals surface area contributed by atoms with Crippen molar-refractivity contribution in [1.82, 2.24) is 10.3 Å². The maximum atomic E-state index is 12.5. The summed E-state index contributed by atoms with van der Waals surface area (Å²) in [7, 11) is 0. The molecule has 0 radical (unpaired) electrons. The molecule has 27 heavy (non-hydrogen) atoms. The maximum absolute atomic E-state index is 12.5. The minimum Gasteiger partial charge on any atom is -0.381 e. The first-order chi connectivity index (χ1) is 13.1. The SMILES string of the molecule is Cc1cccc(-c2ccc3c(ccc4sc5c(c43)NC[C@@H](C)NC5=O)n2)c1. The quantitative estimate of drug-likeness (QED) is 0.495. The first kappa shape index (κ1) is 16.3. The van der Waals surface area contributed by atoms with Gasteiger partial charge in [-0.1, -0.05) is 23.8 Å². The lowest BCUT2D eigenvalue weighted by atomic mass is 10.0. The lowest BCUT2D eigenvalue weighted by Gasteiger charge is -2.10. The summed E-state index contributed by atoms with van der Waals surface area (Å²) in [5.74, 6) is 0.00110. The number of hydrogen-bond acceptors (Lipinski definition) is 4. The van der Waals surface area contributed by atoms with Crippen LogP contribution in [0.15, 0.2) is 48.5 Å². The van der Waals surface area contributed by atoms with Crippen LogP contribution in [0.1, 0.15) is 22.2 Å². The van der Waals surface area contributed by atoms with E-state index in [-0.39, 0.29) is 11.9 Å². The zero-order valence-corrected chi connectivity index (χ0v) is 16.0. The molecule has 2 N–H and O–H groups in total. The van der Waals surface area contributed by atoms with Crippen molar-refractivity contribution in [3.05, 3.63) is 59.0 Å². The van der Waals surface area contributed by atoms with E-state index in [9.17, 15) is 4.79 Å². The number of carbonyl (C=O) groups is 1. The molecule has 134 valence electrons. The molecular formula is C22H19N3OS. The average molecular weight is 373 g/mol. The molecule has 4 aromatic rings. The van der Waals surface area contributed by atoms with Gasteiger partial charge in [0.15, 0.2) is 0 Å². The smallest absolute Gasteiger partial charge is 0.263 e. The second-order valence-electron chi connectivity index (χ2n) is 7.13. The highest BCUT2D eigenvalue weighted by atomic mass is 32.1. The van der Waals surface area contributed by atoms with Crippen molar-refractivity contribution in [3.63, 3.8) is 0 Å². The maximum Gasteiger partial charge on any atom is 0.263 e. The van der Waals surface area contributed by atoms with E-state index in [4.69, 9.17) is 4.98 Å². The lowest BCUT2D eigenvalue weighted by molar-refractivity contribution is 0.0949. The molecule has 1 aliphatic heterocycles. The first-order valence-electron chi connectivity index (χ1n) is 9.08. The molecule has 0 unspecified atom stereocenters. The number of nitrogens with zero attached hydrogens (tertiary/aromatic N) is 1. The molecule has 2 aromatic carbocycles. The van der Waals surface area contributed by atoms with Gasteiger partial charge < -0.3 is 10.6 Å². The zero-order chi connectivity index (χ0) is 18.5. The number of nitrogens with one attached hydrogen (secondary N) is 2. The van der Waals surface area contributed by atoms with Gasteiger partial charge in [-0.15, -0.1) is 11.3 Å². The van der Waals surface area contributed by atoms with Crippen molar-refractivity contribution in [2.75, 3.05) is 11.9 Å². The molecule has 0 fully saturated rings. The standard InChI is InChI=1S/C22H19N3OS/c1-12-4-3-5-14(10-12)16-7-6-15-17(25-16)8-9-18-19(15)20-21(27-18)22(26)24-13(2)11-23-20/h3-10,13,23H,11H2,1-2H3,(H,24,26)/t13-/m1/s1. The van der Waals surface area contributed by atoms with Gasteiger partial charge in [0.05, 0.1) is 16.9 Å².